The molecule has 0 aliphatic carbocycles. The van der Waals surface area contributed by atoms with Crippen LogP contribution in [-0.4, -0.2) is 41.9 Å². The van der Waals surface area contributed by atoms with Crippen molar-refractivity contribution in [2.75, 3.05) is 20.8 Å². The third kappa shape index (κ3) is 4.60. The predicted molar refractivity (Wildman–Crippen MR) is 99.7 cm³/mol. The fourth-order valence-electron chi connectivity index (χ4n) is 2.27. The molecule has 2 aromatic rings. The Hall–Kier alpha value is -2.35. The third-order valence-corrected chi connectivity index (χ3v) is 3.71. The summed E-state index contributed by atoms with van der Waals surface area (Å²) in [5, 5.41) is 11.4. The van der Waals surface area contributed by atoms with E-state index in [0.29, 0.717) is 28.6 Å². The zero-order valence-electron chi connectivity index (χ0n) is 15.0. The number of nitrogens with one attached hydrogen (secondary N) is 1. The van der Waals surface area contributed by atoms with Gasteiger partial charge in [-0.1, -0.05) is 13.8 Å². The molecule has 0 aliphatic heterocycles. The minimum atomic E-state index is 0.460. The Morgan fingerprint density at radius 2 is 1.88 bits per heavy atom. The Morgan fingerprint density at radius 1 is 1.20 bits per heavy atom. The predicted octanol–water partition coefficient (Wildman–Crippen LogP) is 3.58. The lowest BCUT2D eigenvalue weighted by atomic mass is 10.2. The van der Waals surface area contributed by atoms with Crippen molar-refractivity contribution in [1.29, 1.82) is 0 Å². The molecule has 0 fully saturated rings. The highest BCUT2D eigenvalue weighted by Crippen LogP contribution is 2.38. The zero-order chi connectivity index (χ0) is 18.2. The molecule has 0 amide bonds. The molecule has 0 spiro atoms. The van der Waals surface area contributed by atoms with Gasteiger partial charge in [-0.3, -0.25) is 5.10 Å². The molecular weight excluding hydrogens is 340 g/mol. The van der Waals surface area contributed by atoms with Crippen LogP contribution in [0.5, 0.6) is 17.2 Å². The lowest BCUT2D eigenvalue weighted by molar-refractivity contribution is 0.275. The van der Waals surface area contributed by atoms with Crippen molar-refractivity contribution >= 4 is 18.4 Å². The van der Waals surface area contributed by atoms with Crippen LogP contribution in [0.4, 0.5) is 0 Å². The van der Waals surface area contributed by atoms with Crippen molar-refractivity contribution in [2.24, 2.45) is 5.10 Å². The van der Waals surface area contributed by atoms with Gasteiger partial charge in [-0.2, -0.15) is 14.9 Å². The number of nitrogens with zero attached hydrogens (tertiary/aromatic N) is 3. The second-order valence-corrected chi connectivity index (χ2v) is 5.74. The first-order chi connectivity index (χ1) is 12.1. The molecule has 0 bridgehead atoms. The number of aromatic amines is 1. The number of hydrogen-bond acceptors (Lipinski definition) is 6. The van der Waals surface area contributed by atoms with Crippen LogP contribution in [0.2, 0.25) is 0 Å². The lowest BCUT2D eigenvalue weighted by Gasteiger charge is -2.14. The zero-order valence-corrected chi connectivity index (χ0v) is 15.9. The van der Waals surface area contributed by atoms with Gasteiger partial charge in [0.15, 0.2) is 17.3 Å². The molecular formula is C17H24N4O3S. The minimum Gasteiger partial charge on any atom is -0.493 e. The van der Waals surface area contributed by atoms with E-state index in [2.05, 4.69) is 22.2 Å². The van der Waals surface area contributed by atoms with E-state index in [0.717, 1.165) is 30.7 Å². The number of H-pyrrole nitrogens is 1. The molecule has 8 heteroatoms. The van der Waals surface area contributed by atoms with Crippen molar-refractivity contribution in [3.8, 4) is 17.2 Å². The van der Waals surface area contributed by atoms with E-state index in [1.165, 1.54) is 0 Å². The summed E-state index contributed by atoms with van der Waals surface area (Å²) in [5.74, 6) is 2.58. The molecule has 0 saturated heterocycles. The second-order valence-electron chi connectivity index (χ2n) is 5.35. The van der Waals surface area contributed by atoms with Crippen LogP contribution in [0.3, 0.4) is 0 Å². The number of ether oxygens (including phenoxy) is 3. The Kier molecular flexibility index (Phi) is 7.00. The first-order valence-electron chi connectivity index (χ1n) is 8.24. The molecule has 0 saturated carbocycles. The standard InChI is InChI=1S/C17H24N4O3S/c1-5-7-15-19-20-17(25)21(15)18-11-12-9-13(22-3)16(24-8-6-2)14(10-12)23-4/h9-11H,5-8H2,1-4H3,(H,20,25)/b18-11-. The first-order valence-corrected chi connectivity index (χ1v) is 8.64. The average molecular weight is 364 g/mol. The molecule has 0 aliphatic rings. The van der Waals surface area contributed by atoms with E-state index in [1.807, 2.05) is 19.1 Å². The van der Waals surface area contributed by atoms with Gasteiger partial charge >= 0.3 is 0 Å². The van der Waals surface area contributed by atoms with Crippen LogP contribution in [0, 0.1) is 4.77 Å². The van der Waals surface area contributed by atoms with E-state index in [1.54, 1.807) is 25.1 Å². The molecule has 136 valence electrons. The molecule has 0 unspecified atom stereocenters. The average Bonchev–Trinajstić information content (AvgIpc) is 2.97. The highest BCUT2D eigenvalue weighted by molar-refractivity contribution is 7.71. The van der Waals surface area contributed by atoms with Crippen LogP contribution in [-0.2, 0) is 6.42 Å². The smallest absolute Gasteiger partial charge is 0.216 e. The Labute approximate surface area is 152 Å². The maximum Gasteiger partial charge on any atom is 0.216 e. The van der Waals surface area contributed by atoms with Crippen molar-refractivity contribution < 1.29 is 14.2 Å². The van der Waals surface area contributed by atoms with Crippen molar-refractivity contribution in [3.63, 3.8) is 0 Å². The molecule has 1 aromatic carbocycles. The third-order valence-electron chi connectivity index (χ3n) is 3.45. The summed E-state index contributed by atoms with van der Waals surface area (Å²) in [6.07, 6.45) is 4.34. The SMILES string of the molecule is CCCOc1c(OC)cc(/C=N\n2c(CCC)n[nH]c2=S)cc1OC. The lowest BCUT2D eigenvalue weighted by Crippen LogP contribution is -2.02. The summed E-state index contributed by atoms with van der Waals surface area (Å²) < 4.78 is 18.7. The fourth-order valence-corrected chi connectivity index (χ4v) is 2.47. The second kappa shape index (κ2) is 9.22. The van der Waals surface area contributed by atoms with Gasteiger partial charge in [0.1, 0.15) is 0 Å². The van der Waals surface area contributed by atoms with Crippen molar-refractivity contribution in [1.82, 2.24) is 14.9 Å². The maximum atomic E-state index is 5.74. The van der Waals surface area contributed by atoms with Gasteiger partial charge in [0.25, 0.3) is 0 Å². The van der Waals surface area contributed by atoms with Gasteiger partial charge in [-0.05, 0) is 37.2 Å². The molecule has 1 aromatic heterocycles. The Balaban J connectivity index is 2.37. The number of benzene rings is 1. The van der Waals surface area contributed by atoms with E-state index < -0.39 is 0 Å². The largest absolute Gasteiger partial charge is 0.493 e. The monoisotopic (exact) mass is 364 g/mol. The summed E-state index contributed by atoms with van der Waals surface area (Å²) in [6, 6.07) is 3.69. The fraction of sp³-hybridized carbons (Fsp3) is 0.471. The molecule has 25 heavy (non-hydrogen) atoms. The van der Waals surface area contributed by atoms with Crippen molar-refractivity contribution in [3.05, 3.63) is 28.3 Å². The molecule has 1 heterocycles. The van der Waals surface area contributed by atoms with Crippen molar-refractivity contribution in [2.45, 2.75) is 33.1 Å². The number of aromatic nitrogens is 3. The van der Waals surface area contributed by atoms with Gasteiger partial charge in [0.05, 0.1) is 27.0 Å². The molecule has 1 N–H and O–H groups in total. The topological polar surface area (TPSA) is 73.7 Å². The first kappa shape index (κ1) is 19.0. The van der Waals surface area contributed by atoms with E-state index in [9.17, 15) is 0 Å². The number of methoxy groups -OCH3 is 2. The van der Waals surface area contributed by atoms with Gasteiger partial charge in [0, 0.05) is 12.0 Å². The molecule has 0 atom stereocenters. The Morgan fingerprint density at radius 3 is 2.44 bits per heavy atom. The van der Waals surface area contributed by atoms with Crippen LogP contribution < -0.4 is 14.2 Å². The summed E-state index contributed by atoms with van der Waals surface area (Å²) in [6.45, 7) is 4.71. The minimum absolute atomic E-state index is 0.460. The quantitative estimate of drug-likeness (QED) is 0.544. The highest BCUT2D eigenvalue weighted by Gasteiger charge is 2.13. The van der Waals surface area contributed by atoms with Crippen LogP contribution in [0.15, 0.2) is 17.2 Å². The summed E-state index contributed by atoms with van der Waals surface area (Å²) in [7, 11) is 3.19. The van der Waals surface area contributed by atoms with Gasteiger partial charge in [0.2, 0.25) is 10.5 Å². The van der Waals surface area contributed by atoms with E-state index >= 15 is 0 Å². The van der Waals surface area contributed by atoms with Gasteiger partial charge in [-0.25, -0.2) is 0 Å². The summed E-state index contributed by atoms with van der Waals surface area (Å²) >= 11 is 5.23. The number of aryl methyl sites for hydroxylation is 1. The van der Waals surface area contributed by atoms with Crippen LogP contribution in [0.25, 0.3) is 0 Å². The molecule has 2 rings (SSSR count). The molecule has 0 radical (unpaired) electrons. The summed E-state index contributed by atoms with van der Waals surface area (Å²) in [5.41, 5.74) is 0.808. The number of rotatable bonds is 9. The normalized spacial score (nSPS) is 11.0. The highest BCUT2D eigenvalue weighted by atomic mass is 32.1. The van der Waals surface area contributed by atoms with E-state index in [-0.39, 0.29) is 0 Å². The van der Waals surface area contributed by atoms with Crippen LogP contribution >= 0.6 is 12.2 Å². The summed E-state index contributed by atoms with van der Waals surface area (Å²) in [4.78, 5) is 0. The van der Waals surface area contributed by atoms with E-state index in [4.69, 9.17) is 26.4 Å². The number of hydrogen-bond donors (Lipinski definition) is 1. The van der Waals surface area contributed by atoms with Crippen LogP contribution in [0.1, 0.15) is 38.1 Å². The Bertz CT molecular complexity index is 757. The van der Waals surface area contributed by atoms with Gasteiger partial charge < -0.3 is 14.2 Å². The molecule has 7 nitrogen and oxygen atoms in total. The maximum absolute atomic E-state index is 5.74. The van der Waals surface area contributed by atoms with Gasteiger partial charge in [-0.15, -0.1) is 0 Å².